The van der Waals surface area contributed by atoms with Crippen molar-refractivity contribution in [3.63, 3.8) is 0 Å². The Kier molecular flexibility index (Phi) is 3.73. The molecule has 1 aliphatic heterocycles. The van der Waals surface area contributed by atoms with Crippen molar-refractivity contribution in [3.8, 4) is 5.75 Å². The summed E-state index contributed by atoms with van der Waals surface area (Å²) in [6.07, 6.45) is 2.85. The molecule has 2 aromatic rings. The summed E-state index contributed by atoms with van der Waals surface area (Å²) in [7, 11) is 0. The van der Waals surface area contributed by atoms with E-state index in [1.807, 2.05) is 48.5 Å². The van der Waals surface area contributed by atoms with E-state index in [2.05, 4.69) is 6.92 Å². The van der Waals surface area contributed by atoms with Crippen LogP contribution in [0.5, 0.6) is 5.75 Å². The Labute approximate surface area is 123 Å². The molecular weight excluding hydrogens is 264 g/mol. The molecule has 0 aliphatic carbocycles. The van der Waals surface area contributed by atoms with Crippen molar-refractivity contribution in [3.05, 3.63) is 65.2 Å². The Morgan fingerprint density at radius 2 is 1.76 bits per heavy atom. The fourth-order valence-electron chi connectivity index (χ4n) is 2.22. The first-order chi connectivity index (χ1) is 10.3. The highest BCUT2D eigenvalue weighted by atomic mass is 16.5. The first-order valence-corrected chi connectivity index (χ1v) is 7.04. The Bertz CT molecular complexity index is 684. The third-order valence-corrected chi connectivity index (χ3v) is 3.27. The van der Waals surface area contributed by atoms with E-state index in [1.54, 1.807) is 6.07 Å². The highest BCUT2D eigenvalue weighted by Gasteiger charge is 2.25. The standard InChI is InChI=1S/C18H16O3/c1-2-11-20-14-9-7-13(8-10-14)12-17-15-5-3-4-6-16(15)18(19)21-17/h3-10,12H,2,11H2,1H3. The number of hydrogen-bond acceptors (Lipinski definition) is 3. The second-order valence-corrected chi connectivity index (χ2v) is 4.86. The molecule has 3 nitrogen and oxygen atoms in total. The van der Waals surface area contributed by atoms with Gasteiger partial charge in [0.25, 0.3) is 0 Å². The van der Waals surface area contributed by atoms with Crippen LogP contribution in [0.1, 0.15) is 34.8 Å². The predicted octanol–water partition coefficient (Wildman–Crippen LogP) is 4.14. The number of benzene rings is 2. The number of cyclic esters (lactones) is 1. The zero-order chi connectivity index (χ0) is 14.7. The molecule has 0 fully saturated rings. The molecule has 0 radical (unpaired) electrons. The summed E-state index contributed by atoms with van der Waals surface area (Å²) in [6.45, 7) is 2.79. The van der Waals surface area contributed by atoms with Crippen molar-refractivity contribution in [1.82, 2.24) is 0 Å². The third kappa shape index (κ3) is 2.82. The van der Waals surface area contributed by atoms with Gasteiger partial charge in [-0.1, -0.05) is 37.3 Å². The van der Waals surface area contributed by atoms with Gasteiger partial charge in [0.1, 0.15) is 11.5 Å². The fourth-order valence-corrected chi connectivity index (χ4v) is 2.22. The van der Waals surface area contributed by atoms with Crippen LogP contribution in [0.3, 0.4) is 0 Å². The van der Waals surface area contributed by atoms with Crippen LogP contribution in [0, 0.1) is 0 Å². The van der Waals surface area contributed by atoms with Crippen molar-refractivity contribution >= 4 is 17.8 Å². The normalized spacial score (nSPS) is 14.9. The van der Waals surface area contributed by atoms with E-state index in [1.165, 1.54) is 0 Å². The Morgan fingerprint density at radius 3 is 2.48 bits per heavy atom. The Morgan fingerprint density at radius 1 is 1.05 bits per heavy atom. The molecule has 0 atom stereocenters. The van der Waals surface area contributed by atoms with Crippen molar-refractivity contribution in [2.75, 3.05) is 6.61 Å². The summed E-state index contributed by atoms with van der Waals surface area (Å²) in [5.41, 5.74) is 2.43. The van der Waals surface area contributed by atoms with E-state index < -0.39 is 0 Å². The molecule has 3 rings (SSSR count). The molecule has 0 saturated heterocycles. The lowest BCUT2D eigenvalue weighted by molar-refractivity contribution is 0.0717. The number of esters is 1. The van der Waals surface area contributed by atoms with Crippen molar-refractivity contribution in [1.29, 1.82) is 0 Å². The second kappa shape index (κ2) is 5.83. The van der Waals surface area contributed by atoms with Crippen molar-refractivity contribution in [2.24, 2.45) is 0 Å². The van der Waals surface area contributed by atoms with Crippen molar-refractivity contribution in [2.45, 2.75) is 13.3 Å². The average Bonchev–Trinajstić information content (AvgIpc) is 2.83. The monoisotopic (exact) mass is 280 g/mol. The topological polar surface area (TPSA) is 35.5 Å². The molecule has 0 spiro atoms. The van der Waals surface area contributed by atoms with Gasteiger partial charge < -0.3 is 9.47 Å². The highest BCUT2D eigenvalue weighted by Crippen LogP contribution is 2.31. The van der Waals surface area contributed by atoms with Gasteiger partial charge in [-0.05, 0) is 36.3 Å². The molecule has 0 bridgehead atoms. The lowest BCUT2D eigenvalue weighted by Gasteiger charge is -2.04. The van der Waals surface area contributed by atoms with Crippen LogP contribution in [0.4, 0.5) is 0 Å². The smallest absolute Gasteiger partial charge is 0.344 e. The van der Waals surface area contributed by atoms with Crippen LogP contribution < -0.4 is 4.74 Å². The fraction of sp³-hybridized carbons (Fsp3) is 0.167. The molecule has 0 aromatic heterocycles. The SMILES string of the molecule is CCCOc1ccc(C=C2OC(=O)c3ccccc32)cc1. The van der Waals surface area contributed by atoms with Crippen LogP contribution >= 0.6 is 0 Å². The van der Waals surface area contributed by atoms with E-state index in [4.69, 9.17) is 9.47 Å². The van der Waals surface area contributed by atoms with Crippen LogP contribution in [0.2, 0.25) is 0 Å². The van der Waals surface area contributed by atoms with Crippen LogP contribution in [-0.2, 0) is 4.74 Å². The Hall–Kier alpha value is -2.55. The van der Waals surface area contributed by atoms with E-state index in [0.29, 0.717) is 17.9 Å². The predicted molar refractivity (Wildman–Crippen MR) is 82.0 cm³/mol. The third-order valence-electron chi connectivity index (χ3n) is 3.27. The first kappa shape index (κ1) is 13.4. The van der Waals surface area contributed by atoms with Gasteiger partial charge in [-0.15, -0.1) is 0 Å². The van der Waals surface area contributed by atoms with Gasteiger partial charge in [0.2, 0.25) is 0 Å². The summed E-state index contributed by atoms with van der Waals surface area (Å²) < 4.78 is 10.9. The maximum atomic E-state index is 11.8. The lowest BCUT2D eigenvalue weighted by Crippen LogP contribution is -1.94. The number of hydrogen-bond donors (Lipinski definition) is 0. The quantitative estimate of drug-likeness (QED) is 0.789. The number of rotatable bonds is 4. The van der Waals surface area contributed by atoms with Gasteiger partial charge in [-0.25, -0.2) is 4.79 Å². The van der Waals surface area contributed by atoms with Gasteiger partial charge in [0, 0.05) is 5.56 Å². The summed E-state index contributed by atoms with van der Waals surface area (Å²) in [4.78, 5) is 11.8. The highest BCUT2D eigenvalue weighted by molar-refractivity contribution is 6.05. The lowest BCUT2D eigenvalue weighted by atomic mass is 10.1. The van der Waals surface area contributed by atoms with Crippen LogP contribution in [0.25, 0.3) is 11.8 Å². The number of carbonyl (C=O) groups is 1. The van der Waals surface area contributed by atoms with Gasteiger partial charge in [0.15, 0.2) is 0 Å². The minimum atomic E-state index is -0.292. The molecule has 3 heteroatoms. The second-order valence-electron chi connectivity index (χ2n) is 4.86. The summed E-state index contributed by atoms with van der Waals surface area (Å²) >= 11 is 0. The van der Waals surface area contributed by atoms with Crippen LogP contribution in [-0.4, -0.2) is 12.6 Å². The van der Waals surface area contributed by atoms with E-state index in [0.717, 1.165) is 23.3 Å². The van der Waals surface area contributed by atoms with Gasteiger partial charge in [-0.2, -0.15) is 0 Å². The Balaban J connectivity index is 1.84. The van der Waals surface area contributed by atoms with Gasteiger partial charge >= 0.3 is 5.97 Å². The maximum absolute atomic E-state index is 11.8. The molecule has 1 heterocycles. The van der Waals surface area contributed by atoms with Crippen molar-refractivity contribution < 1.29 is 14.3 Å². The van der Waals surface area contributed by atoms with Gasteiger partial charge in [-0.3, -0.25) is 0 Å². The molecule has 2 aromatic carbocycles. The molecule has 0 unspecified atom stereocenters. The first-order valence-electron chi connectivity index (χ1n) is 7.04. The van der Waals surface area contributed by atoms with E-state index in [9.17, 15) is 4.79 Å². The minimum absolute atomic E-state index is 0.292. The maximum Gasteiger partial charge on any atom is 0.344 e. The zero-order valence-corrected chi connectivity index (χ0v) is 11.8. The largest absolute Gasteiger partial charge is 0.494 e. The average molecular weight is 280 g/mol. The molecule has 0 saturated carbocycles. The molecular formula is C18H16O3. The van der Waals surface area contributed by atoms with E-state index in [-0.39, 0.29) is 5.97 Å². The summed E-state index contributed by atoms with van der Waals surface area (Å²) in [5, 5.41) is 0. The molecule has 0 amide bonds. The number of fused-ring (bicyclic) bond motifs is 1. The zero-order valence-electron chi connectivity index (χ0n) is 11.8. The number of carbonyl (C=O) groups excluding carboxylic acids is 1. The molecule has 21 heavy (non-hydrogen) atoms. The minimum Gasteiger partial charge on any atom is -0.494 e. The van der Waals surface area contributed by atoms with Gasteiger partial charge in [0.05, 0.1) is 12.2 Å². The molecule has 0 N–H and O–H groups in total. The van der Waals surface area contributed by atoms with E-state index >= 15 is 0 Å². The molecule has 106 valence electrons. The summed E-state index contributed by atoms with van der Waals surface area (Å²) in [6, 6.07) is 15.2. The molecule has 1 aliphatic rings. The van der Waals surface area contributed by atoms with Crippen LogP contribution in [0.15, 0.2) is 48.5 Å². The summed E-state index contributed by atoms with van der Waals surface area (Å²) in [5.74, 6) is 1.15. The number of ether oxygens (including phenoxy) is 2.